The summed E-state index contributed by atoms with van der Waals surface area (Å²) >= 11 is 0. The molecule has 0 N–H and O–H groups in total. The molecular formula is C49H33NO. The van der Waals surface area contributed by atoms with Crippen LogP contribution in [0.5, 0.6) is 0 Å². The minimum absolute atomic E-state index is 0.462. The number of hydrogen-bond donors (Lipinski definition) is 0. The van der Waals surface area contributed by atoms with Gasteiger partial charge in [0.1, 0.15) is 11.2 Å². The Kier molecular flexibility index (Phi) is 5.76. The summed E-state index contributed by atoms with van der Waals surface area (Å²) in [6.07, 6.45) is 0. The van der Waals surface area contributed by atoms with Gasteiger partial charge in [0.25, 0.3) is 0 Å². The molecule has 0 saturated heterocycles. The molecule has 11 rings (SSSR count). The fourth-order valence-corrected chi connectivity index (χ4v) is 9.32. The number of anilines is 3. The van der Waals surface area contributed by atoms with Crippen LogP contribution >= 0.6 is 0 Å². The molecule has 1 heterocycles. The van der Waals surface area contributed by atoms with Crippen molar-refractivity contribution in [3.05, 3.63) is 197 Å². The zero-order chi connectivity index (χ0) is 33.8. The van der Waals surface area contributed by atoms with Crippen molar-refractivity contribution in [2.24, 2.45) is 0 Å². The van der Waals surface area contributed by atoms with Gasteiger partial charge in [0.05, 0.1) is 22.2 Å². The van der Waals surface area contributed by atoms with Gasteiger partial charge in [0.2, 0.25) is 0 Å². The maximum atomic E-state index is 6.48. The molecule has 2 heteroatoms. The molecular weight excluding hydrogens is 619 g/mol. The van der Waals surface area contributed by atoms with Crippen LogP contribution in [0.15, 0.2) is 168 Å². The Labute approximate surface area is 296 Å². The Bertz CT molecular complexity index is 2850. The quantitative estimate of drug-likeness (QED) is 0.189. The SMILES string of the molecule is Cc1ccc(N(c2cc3c(c4ccccc24)-c2ccc(C)cc2C32c3ccccc3-c3ccccc32)c2cccc3oc4ccccc4c23)cc1. The number of furan rings is 1. The van der Waals surface area contributed by atoms with Gasteiger partial charge < -0.3 is 9.32 Å². The maximum Gasteiger partial charge on any atom is 0.137 e. The van der Waals surface area contributed by atoms with E-state index in [9.17, 15) is 0 Å². The van der Waals surface area contributed by atoms with Crippen LogP contribution < -0.4 is 4.90 Å². The van der Waals surface area contributed by atoms with Crippen molar-refractivity contribution < 1.29 is 4.42 Å². The minimum Gasteiger partial charge on any atom is -0.456 e. The predicted octanol–water partition coefficient (Wildman–Crippen LogP) is 13.2. The number of hydrogen-bond acceptors (Lipinski definition) is 2. The first-order chi connectivity index (χ1) is 25.1. The van der Waals surface area contributed by atoms with Gasteiger partial charge in [-0.3, -0.25) is 0 Å². The largest absolute Gasteiger partial charge is 0.456 e. The number of nitrogens with zero attached hydrogens (tertiary/aromatic N) is 1. The standard InChI is InChI=1S/C49H33NO/c1-30-22-25-32(26-23-30)50(43-19-11-21-46-48(43)38-16-7-10-20-45(38)51-46)44-29-42-47(36-15-4-3-14-35(36)44)37-27-24-31(2)28-41(37)49(42)39-17-8-5-12-33(39)34-13-6-9-18-40(34)49/h3-29H,1-2H3. The Morgan fingerprint density at radius 1 is 0.431 bits per heavy atom. The van der Waals surface area contributed by atoms with Crippen molar-refractivity contribution in [3.8, 4) is 22.3 Å². The Hall–Kier alpha value is -6.38. The number of benzene rings is 8. The second-order valence-corrected chi connectivity index (χ2v) is 14.2. The molecule has 8 aromatic carbocycles. The molecule has 240 valence electrons. The van der Waals surface area contributed by atoms with Crippen molar-refractivity contribution in [2.75, 3.05) is 4.90 Å². The second kappa shape index (κ2) is 10.3. The van der Waals surface area contributed by atoms with E-state index in [1.165, 1.54) is 66.4 Å². The molecule has 0 bridgehead atoms. The number of para-hydroxylation sites is 1. The Balaban J connectivity index is 1.32. The molecule has 0 radical (unpaired) electrons. The first kappa shape index (κ1) is 28.5. The van der Waals surface area contributed by atoms with Gasteiger partial charge in [0.15, 0.2) is 0 Å². The number of fused-ring (bicyclic) bond motifs is 15. The molecule has 2 aliphatic carbocycles. The first-order valence-corrected chi connectivity index (χ1v) is 17.8. The molecule has 0 saturated carbocycles. The Morgan fingerprint density at radius 2 is 1.06 bits per heavy atom. The zero-order valence-corrected chi connectivity index (χ0v) is 28.4. The summed E-state index contributed by atoms with van der Waals surface area (Å²) in [7, 11) is 0. The summed E-state index contributed by atoms with van der Waals surface area (Å²) in [5.41, 5.74) is 17.8. The highest BCUT2D eigenvalue weighted by atomic mass is 16.3. The van der Waals surface area contributed by atoms with Crippen LogP contribution in [-0.4, -0.2) is 0 Å². The van der Waals surface area contributed by atoms with Crippen molar-refractivity contribution in [2.45, 2.75) is 19.3 Å². The molecule has 2 aliphatic rings. The summed E-state index contributed by atoms with van der Waals surface area (Å²) < 4.78 is 6.48. The topological polar surface area (TPSA) is 16.4 Å². The lowest BCUT2D eigenvalue weighted by molar-refractivity contribution is 0.669. The maximum absolute atomic E-state index is 6.48. The lowest BCUT2D eigenvalue weighted by Gasteiger charge is -2.33. The van der Waals surface area contributed by atoms with E-state index < -0.39 is 5.41 Å². The van der Waals surface area contributed by atoms with Gasteiger partial charge in [-0.15, -0.1) is 0 Å². The fourth-order valence-electron chi connectivity index (χ4n) is 9.32. The third-order valence-electron chi connectivity index (χ3n) is 11.4. The molecule has 1 spiro atoms. The lowest BCUT2D eigenvalue weighted by Crippen LogP contribution is -2.26. The zero-order valence-electron chi connectivity index (χ0n) is 28.4. The lowest BCUT2D eigenvalue weighted by atomic mass is 9.70. The average Bonchev–Trinajstić information content (AvgIpc) is 3.80. The van der Waals surface area contributed by atoms with Crippen LogP contribution in [0.3, 0.4) is 0 Å². The van der Waals surface area contributed by atoms with Crippen LogP contribution in [0.25, 0.3) is 55.0 Å². The molecule has 1 aromatic heterocycles. The van der Waals surface area contributed by atoms with E-state index in [1.54, 1.807) is 0 Å². The van der Waals surface area contributed by atoms with E-state index >= 15 is 0 Å². The smallest absolute Gasteiger partial charge is 0.137 e. The van der Waals surface area contributed by atoms with Crippen LogP contribution in [0, 0.1) is 13.8 Å². The van der Waals surface area contributed by atoms with Crippen molar-refractivity contribution in [1.82, 2.24) is 0 Å². The summed E-state index contributed by atoms with van der Waals surface area (Å²) in [4.78, 5) is 2.47. The highest BCUT2D eigenvalue weighted by molar-refractivity contribution is 6.17. The number of rotatable bonds is 3. The molecule has 0 amide bonds. The molecule has 0 unspecified atom stereocenters. The summed E-state index contributed by atoms with van der Waals surface area (Å²) in [5.74, 6) is 0. The highest BCUT2D eigenvalue weighted by Gasteiger charge is 2.52. The van der Waals surface area contributed by atoms with Crippen LogP contribution in [0.2, 0.25) is 0 Å². The van der Waals surface area contributed by atoms with E-state index in [0.717, 1.165) is 39.0 Å². The molecule has 0 fully saturated rings. The molecule has 51 heavy (non-hydrogen) atoms. The van der Waals surface area contributed by atoms with Gasteiger partial charge in [-0.2, -0.15) is 0 Å². The van der Waals surface area contributed by atoms with Gasteiger partial charge in [-0.1, -0.05) is 139 Å². The van der Waals surface area contributed by atoms with Crippen molar-refractivity contribution in [1.29, 1.82) is 0 Å². The second-order valence-electron chi connectivity index (χ2n) is 14.2. The molecule has 0 aliphatic heterocycles. The van der Waals surface area contributed by atoms with E-state index in [2.05, 4.69) is 176 Å². The van der Waals surface area contributed by atoms with Gasteiger partial charge in [0, 0.05) is 16.5 Å². The summed E-state index contributed by atoms with van der Waals surface area (Å²) in [6, 6.07) is 60.6. The van der Waals surface area contributed by atoms with E-state index in [1.807, 2.05) is 6.07 Å². The number of aryl methyl sites for hydroxylation is 2. The molecule has 2 nitrogen and oxygen atoms in total. The van der Waals surface area contributed by atoms with E-state index in [0.29, 0.717) is 0 Å². The Morgan fingerprint density at radius 3 is 1.82 bits per heavy atom. The fraction of sp³-hybridized carbons (Fsp3) is 0.0612. The molecule has 0 atom stereocenters. The van der Waals surface area contributed by atoms with Crippen LogP contribution in [0.4, 0.5) is 17.1 Å². The third-order valence-corrected chi connectivity index (χ3v) is 11.4. The molecule has 9 aromatic rings. The normalized spacial score (nSPS) is 13.5. The predicted molar refractivity (Wildman–Crippen MR) is 212 cm³/mol. The monoisotopic (exact) mass is 651 g/mol. The summed E-state index contributed by atoms with van der Waals surface area (Å²) in [5, 5.41) is 4.70. The van der Waals surface area contributed by atoms with E-state index in [4.69, 9.17) is 4.42 Å². The summed E-state index contributed by atoms with van der Waals surface area (Å²) in [6.45, 7) is 4.38. The van der Waals surface area contributed by atoms with Gasteiger partial charge in [-0.25, -0.2) is 0 Å². The average molecular weight is 652 g/mol. The third kappa shape index (κ3) is 3.71. The highest BCUT2D eigenvalue weighted by Crippen LogP contribution is 2.65. The van der Waals surface area contributed by atoms with Crippen molar-refractivity contribution >= 4 is 49.8 Å². The van der Waals surface area contributed by atoms with E-state index in [-0.39, 0.29) is 0 Å². The minimum atomic E-state index is -0.462. The van der Waals surface area contributed by atoms with Crippen molar-refractivity contribution in [3.63, 3.8) is 0 Å². The van der Waals surface area contributed by atoms with Crippen LogP contribution in [-0.2, 0) is 5.41 Å². The van der Waals surface area contributed by atoms with Gasteiger partial charge in [-0.05, 0) is 100 Å². The first-order valence-electron chi connectivity index (χ1n) is 17.8. The van der Waals surface area contributed by atoms with Gasteiger partial charge >= 0.3 is 0 Å². The van der Waals surface area contributed by atoms with Crippen LogP contribution in [0.1, 0.15) is 33.4 Å².